The van der Waals surface area contributed by atoms with E-state index in [-0.39, 0.29) is 29.8 Å². The zero-order chi connectivity index (χ0) is 23.1. The zero-order valence-corrected chi connectivity index (χ0v) is 21.0. The van der Waals surface area contributed by atoms with E-state index in [9.17, 15) is 15.0 Å². The Morgan fingerprint density at radius 2 is 2.24 bits per heavy atom. The van der Waals surface area contributed by atoms with E-state index in [0.29, 0.717) is 25.0 Å². The molecule has 6 nitrogen and oxygen atoms in total. The summed E-state index contributed by atoms with van der Waals surface area (Å²) in [7, 11) is 3.89. The Morgan fingerprint density at radius 1 is 1.42 bits per heavy atom. The molecule has 5 atom stereocenters. The standard InChI is InChI=1S/C25H27BrN2O4S/c1-27-8-7-24-20-11-16(28(2)21(30)6-4-17-10-15(26)13-33-17)12-25(24,31)19(27)9-14-3-5-18(29)23(32-20)22(14)24/h3-6,10,13,16,19-20,29,31H,7-9,11-12H2,1-2H3/b6-4+/t16-,19-,20+,24-,25-/m1/s1. The van der Waals surface area contributed by atoms with E-state index in [1.807, 2.05) is 30.6 Å². The molecule has 1 saturated carbocycles. The van der Waals surface area contributed by atoms with Crippen LogP contribution in [-0.4, -0.2) is 70.3 Å². The number of piperidine rings is 1. The predicted molar refractivity (Wildman–Crippen MR) is 131 cm³/mol. The summed E-state index contributed by atoms with van der Waals surface area (Å²) >= 11 is 5.02. The summed E-state index contributed by atoms with van der Waals surface area (Å²) in [5.41, 5.74) is 0.608. The summed E-state index contributed by atoms with van der Waals surface area (Å²) in [6.07, 6.45) is 5.79. The highest BCUT2D eigenvalue weighted by atomic mass is 79.9. The van der Waals surface area contributed by atoms with Crippen molar-refractivity contribution >= 4 is 39.2 Å². The molecule has 1 aromatic carbocycles. The van der Waals surface area contributed by atoms with Crippen molar-refractivity contribution in [2.75, 3.05) is 20.6 Å². The zero-order valence-electron chi connectivity index (χ0n) is 18.6. The number of likely N-dealkylation sites (N-methyl/N-ethyl adjacent to an activating group) is 2. The number of phenols is 1. The number of benzene rings is 1. The Morgan fingerprint density at radius 3 is 3.00 bits per heavy atom. The fourth-order valence-electron chi connectivity index (χ4n) is 6.91. The molecule has 2 bridgehead atoms. The summed E-state index contributed by atoms with van der Waals surface area (Å²) < 4.78 is 7.42. The first-order valence-corrected chi connectivity index (χ1v) is 13.1. The Bertz CT molecular complexity index is 1180. The number of aliphatic hydroxyl groups is 1. The second-order valence-electron chi connectivity index (χ2n) is 9.94. The van der Waals surface area contributed by atoms with Crippen LogP contribution in [0.4, 0.5) is 0 Å². The highest BCUT2D eigenvalue weighted by Crippen LogP contribution is 2.65. The van der Waals surface area contributed by atoms with Gasteiger partial charge in [0, 0.05) is 51.9 Å². The normalized spacial score (nSPS) is 34.2. The maximum absolute atomic E-state index is 13.1. The molecular formula is C25H27BrN2O4S. The monoisotopic (exact) mass is 530 g/mol. The topological polar surface area (TPSA) is 73.2 Å². The summed E-state index contributed by atoms with van der Waals surface area (Å²) in [5.74, 6) is 0.595. The largest absolute Gasteiger partial charge is 0.504 e. The number of hydrogen-bond acceptors (Lipinski definition) is 6. The van der Waals surface area contributed by atoms with Crippen LogP contribution in [0.2, 0.25) is 0 Å². The number of thiophene rings is 1. The number of hydrogen-bond donors (Lipinski definition) is 2. The smallest absolute Gasteiger partial charge is 0.246 e. The lowest BCUT2D eigenvalue weighted by molar-refractivity contribution is -0.194. The molecule has 6 rings (SSSR count). The lowest BCUT2D eigenvalue weighted by Crippen LogP contribution is -2.77. The van der Waals surface area contributed by atoms with Crippen LogP contribution in [0, 0.1) is 0 Å². The minimum atomic E-state index is -1.03. The third-order valence-electron chi connectivity index (χ3n) is 8.51. The number of phenolic OH excluding ortho intramolecular Hbond substituents is 1. The second-order valence-corrected chi connectivity index (χ2v) is 11.8. The molecule has 174 valence electrons. The Hall–Kier alpha value is -1.87. The molecule has 1 aromatic heterocycles. The van der Waals surface area contributed by atoms with Gasteiger partial charge in [0.25, 0.3) is 0 Å². The van der Waals surface area contributed by atoms with Gasteiger partial charge in [-0.1, -0.05) is 6.07 Å². The molecule has 4 aliphatic rings. The molecule has 1 spiro atoms. The van der Waals surface area contributed by atoms with Gasteiger partial charge in [0.15, 0.2) is 11.5 Å². The van der Waals surface area contributed by atoms with Crippen molar-refractivity contribution in [3.8, 4) is 11.5 Å². The van der Waals surface area contributed by atoms with Crippen LogP contribution in [-0.2, 0) is 16.6 Å². The van der Waals surface area contributed by atoms with Crippen LogP contribution in [0.1, 0.15) is 35.3 Å². The second kappa shape index (κ2) is 7.31. The highest BCUT2D eigenvalue weighted by Gasteiger charge is 2.72. The lowest BCUT2D eigenvalue weighted by atomic mass is 9.48. The van der Waals surface area contributed by atoms with Gasteiger partial charge in [0.05, 0.1) is 11.0 Å². The SMILES string of the molecule is CN1CC[C@]23c4c5ccc(O)c4O[C@H]2C[C@@H](N(C)C(=O)/C=C/c2cc(Br)cs2)C[C@@]3(O)[C@H]1C5. The molecule has 8 heteroatoms. The van der Waals surface area contributed by atoms with Crippen molar-refractivity contribution in [1.82, 2.24) is 9.80 Å². The van der Waals surface area contributed by atoms with E-state index in [0.717, 1.165) is 27.9 Å². The van der Waals surface area contributed by atoms with Crippen LogP contribution in [0.5, 0.6) is 11.5 Å². The average molecular weight is 531 g/mol. The predicted octanol–water partition coefficient (Wildman–Crippen LogP) is 3.54. The Labute approximate surface area is 205 Å². The fraction of sp³-hybridized carbons (Fsp3) is 0.480. The maximum Gasteiger partial charge on any atom is 0.246 e. The first-order chi connectivity index (χ1) is 15.7. The van der Waals surface area contributed by atoms with Crippen LogP contribution >= 0.6 is 27.3 Å². The minimum absolute atomic E-state index is 0.0503. The first kappa shape index (κ1) is 21.6. The van der Waals surface area contributed by atoms with Gasteiger partial charge in [0.2, 0.25) is 5.91 Å². The Balaban J connectivity index is 1.36. The van der Waals surface area contributed by atoms with Crippen molar-refractivity contribution < 1.29 is 19.7 Å². The quantitative estimate of drug-likeness (QED) is 0.593. The number of rotatable bonds is 3. The van der Waals surface area contributed by atoms with E-state index in [1.165, 1.54) is 5.56 Å². The molecule has 1 amide bonds. The summed E-state index contributed by atoms with van der Waals surface area (Å²) in [6.45, 7) is 0.875. The number of amides is 1. The number of nitrogens with zero attached hydrogens (tertiary/aromatic N) is 2. The lowest BCUT2D eigenvalue weighted by Gasteiger charge is -2.64. The molecule has 0 radical (unpaired) electrons. The number of ether oxygens (including phenoxy) is 1. The molecule has 33 heavy (non-hydrogen) atoms. The molecule has 3 heterocycles. The van der Waals surface area contributed by atoms with Crippen LogP contribution in [0.25, 0.3) is 6.08 Å². The van der Waals surface area contributed by atoms with Crippen molar-refractivity contribution in [2.24, 2.45) is 0 Å². The first-order valence-electron chi connectivity index (χ1n) is 11.4. The van der Waals surface area contributed by atoms with Gasteiger partial charge in [-0.15, -0.1) is 11.3 Å². The third-order valence-corrected chi connectivity index (χ3v) is 10.2. The van der Waals surface area contributed by atoms with Gasteiger partial charge in [0.1, 0.15) is 6.10 Å². The maximum atomic E-state index is 13.1. The van der Waals surface area contributed by atoms with E-state index < -0.39 is 11.0 Å². The highest BCUT2D eigenvalue weighted by molar-refractivity contribution is 9.10. The summed E-state index contributed by atoms with van der Waals surface area (Å²) in [6, 6.07) is 5.47. The van der Waals surface area contributed by atoms with E-state index in [1.54, 1.807) is 28.4 Å². The van der Waals surface area contributed by atoms with Gasteiger partial charge in [-0.05, 0) is 72.6 Å². The molecule has 2 fully saturated rings. The van der Waals surface area contributed by atoms with Gasteiger partial charge in [-0.3, -0.25) is 4.79 Å². The number of carbonyl (C=O) groups is 1. The molecule has 0 unspecified atom stereocenters. The number of carbonyl (C=O) groups excluding carboxylic acids is 1. The number of aromatic hydroxyl groups is 1. The molecule has 2 aromatic rings. The van der Waals surface area contributed by atoms with Gasteiger partial charge in [-0.25, -0.2) is 0 Å². The third kappa shape index (κ3) is 2.87. The van der Waals surface area contributed by atoms with Crippen LogP contribution < -0.4 is 4.74 Å². The average Bonchev–Trinajstić information content (AvgIpc) is 3.35. The van der Waals surface area contributed by atoms with E-state index >= 15 is 0 Å². The molecule has 2 aliphatic heterocycles. The molecular weight excluding hydrogens is 504 g/mol. The van der Waals surface area contributed by atoms with Gasteiger partial charge in [-0.2, -0.15) is 0 Å². The van der Waals surface area contributed by atoms with Crippen molar-refractivity contribution in [1.29, 1.82) is 0 Å². The fourth-order valence-corrected chi connectivity index (χ4v) is 8.25. The van der Waals surface area contributed by atoms with E-state index in [2.05, 4.69) is 27.9 Å². The molecule has 2 N–H and O–H groups in total. The summed E-state index contributed by atoms with van der Waals surface area (Å²) in [5, 5.41) is 25.0. The minimum Gasteiger partial charge on any atom is -0.504 e. The van der Waals surface area contributed by atoms with Crippen molar-refractivity contribution in [3.05, 3.63) is 50.1 Å². The van der Waals surface area contributed by atoms with Crippen molar-refractivity contribution in [3.63, 3.8) is 0 Å². The number of likely N-dealkylation sites (tertiary alicyclic amines) is 1. The number of halogens is 1. The van der Waals surface area contributed by atoms with Crippen LogP contribution in [0.3, 0.4) is 0 Å². The van der Waals surface area contributed by atoms with Crippen LogP contribution in [0.15, 0.2) is 34.1 Å². The van der Waals surface area contributed by atoms with Crippen molar-refractivity contribution in [2.45, 2.75) is 54.9 Å². The molecule has 1 saturated heterocycles. The summed E-state index contributed by atoms with van der Waals surface area (Å²) in [4.78, 5) is 18.1. The van der Waals surface area contributed by atoms with Gasteiger partial charge < -0.3 is 24.7 Å². The van der Waals surface area contributed by atoms with E-state index in [4.69, 9.17) is 4.74 Å². The Kier molecular flexibility index (Phi) is 4.80. The molecule has 2 aliphatic carbocycles. The van der Waals surface area contributed by atoms with Gasteiger partial charge >= 0.3 is 0 Å².